The van der Waals surface area contributed by atoms with Crippen LogP contribution >= 0.6 is 0 Å². The Hall–Kier alpha value is -1.65. The monoisotopic (exact) mass is 261 g/mol. The van der Waals surface area contributed by atoms with Crippen molar-refractivity contribution < 1.29 is 14.4 Å². The number of hydrogen-bond donors (Lipinski definition) is 1. The van der Waals surface area contributed by atoms with Crippen LogP contribution in [-0.4, -0.2) is 23.5 Å². The molecule has 0 aliphatic carbocycles. The fourth-order valence-corrected chi connectivity index (χ4v) is 1.82. The first-order valence-corrected chi connectivity index (χ1v) is 6.55. The van der Waals surface area contributed by atoms with E-state index in [1.54, 1.807) is 0 Å². The molecule has 1 aromatic heterocycles. The van der Waals surface area contributed by atoms with E-state index >= 15 is 0 Å². The van der Waals surface area contributed by atoms with Crippen molar-refractivity contribution in [2.45, 2.75) is 25.9 Å². The van der Waals surface area contributed by atoms with Crippen molar-refractivity contribution in [2.24, 2.45) is 0 Å². The number of aromatic nitrogens is 1. The summed E-state index contributed by atoms with van der Waals surface area (Å²) in [4.78, 5) is 0. The van der Waals surface area contributed by atoms with Crippen molar-refractivity contribution in [3.63, 3.8) is 0 Å². The van der Waals surface area contributed by atoms with Gasteiger partial charge >= 0.3 is 0 Å². The van der Waals surface area contributed by atoms with E-state index in [4.69, 9.17) is 14.4 Å². The predicted molar refractivity (Wildman–Crippen MR) is 71.7 cm³/mol. The molecule has 0 saturated carbocycles. The number of benzene rings is 1. The van der Waals surface area contributed by atoms with E-state index in [1.807, 2.05) is 24.3 Å². The lowest BCUT2D eigenvalue weighted by molar-refractivity contribution is 0.118. The maximum Gasteiger partial charge on any atom is 0.139 e. The molecule has 0 atom stereocenters. The molecule has 0 amide bonds. The Bertz CT molecular complexity index is 467. The van der Waals surface area contributed by atoms with Gasteiger partial charge in [0.05, 0.1) is 18.9 Å². The molecule has 0 aliphatic heterocycles. The molecule has 0 spiro atoms. The third-order valence-electron chi connectivity index (χ3n) is 2.80. The number of aryl methyl sites for hydroxylation is 1. The van der Waals surface area contributed by atoms with Gasteiger partial charge in [-0.1, -0.05) is 35.5 Å². The quantitative estimate of drug-likeness (QED) is 0.741. The normalized spacial score (nSPS) is 10.8. The topological polar surface area (TPSA) is 55.5 Å². The summed E-state index contributed by atoms with van der Waals surface area (Å²) in [5.41, 5.74) is 2.11. The van der Waals surface area contributed by atoms with Gasteiger partial charge in [0.2, 0.25) is 0 Å². The smallest absolute Gasteiger partial charge is 0.139 e. The molecule has 0 radical (unpaired) electrons. The van der Waals surface area contributed by atoms with E-state index in [9.17, 15) is 0 Å². The zero-order chi connectivity index (χ0) is 13.3. The highest BCUT2D eigenvalue weighted by Gasteiger charge is 2.03. The van der Waals surface area contributed by atoms with Gasteiger partial charge in [0.25, 0.3) is 0 Å². The van der Waals surface area contributed by atoms with Crippen LogP contribution in [-0.2, 0) is 24.2 Å². The minimum atomic E-state index is 0.0921. The summed E-state index contributed by atoms with van der Waals surface area (Å²) in [5, 5.41) is 12.7. The van der Waals surface area contributed by atoms with Gasteiger partial charge in [0, 0.05) is 19.1 Å². The standard InChI is InChI=1S/C15H19NO3/c17-9-8-15-11-14(16-19-15)7-4-10-18-12-13-5-2-1-3-6-13/h1-3,5-6,11,17H,4,7-10,12H2. The van der Waals surface area contributed by atoms with Gasteiger partial charge in [-0.2, -0.15) is 0 Å². The average molecular weight is 261 g/mol. The zero-order valence-electron chi connectivity index (χ0n) is 10.9. The van der Waals surface area contributed by atoms with Crippen LogP contribution < -0.4 is 0 Å². The number of rotatable bonds is 8. The third kappa shape index (κ3) is 4.85. The summed E-state index contributed by atoms with van der Waals surface area (Å²) in [5.74, 6) is 0.739. The van der Waals surface area contributed by atoms with Crippen LogP contribution in [0.5, 0.6) is 0 Å². The van der Waals surface area contributed by atoms with Gasteiger partial charge in [-0.25, -0.2) is 0 Å². The number of hydrogen-bond acceptors (Lipinski definition) is 4. The lowest BCUT2D eigenvalue weighted by Gasteiger charge is -2.03. The number of nitrogens with zero attached hydrogens (tertiary/aromatic N) is 1. The molecule has 0 bridgehead atoms. The minimum Gasteiger partial charge on any atom is -0.396 e. The van der Waals surface area contributed by atoms with Crippen LogP contribution in [0.3, 0.4) is 0 Å². The molecule has 0 saturated heterocycles. The van der Waals surface area contributed by atoms with Crippen LogP contribution in [0.15, 0.2) is 40.9 Å². The molecule has 19 heavy (non-hydrogen) atoms. The summed E-state index contributed by atoms with van der Waals surface area (Å²) in [6.07, 6.45) is 2.28. The molecule has 0 aliphatic rings. The SMILES string of the molecule is OCCc1cc(CCCOCc2ccccc2)no1. The van der Waals surface area contributed by atoms with Gasteiger partial charge in [-0.3, -0.25) is 0 Å². The molecular weight excluding hydrogens is 242 g/mol. The van der Waals surface area contributed by atoms with E-state index < -0.39 is 0 Å². The Labute approximate surface area is 113 Å². The number of aliphatic hydroxyl groups excluding tert-OH is 1. The summed E-state index contributed by atoms with van der Waals surface area (Å²) in [6.45, 7) is 1.45. The zero-order valence-corrected chi connectivity index (χ0v) is 10.9. The second kappa shape index (κ2) is 7.71. The largest absolute Gasteiger partial charge is 0.396 e. The summed E-state index contributed by atoms with van der Waals surface area (Å²) >= 11 is 0. The van der Waals surface area contributed by atoms with Gasteiger partial charge in [-0.05, 0) is 18.4 Å². The molecule has 1 N–H and O–H groups in total. The first-order chi connectivity index (χ1) is 9.38. The predicted octanol–water partition coefficient (Wildman–Crippen LogP) is 2.36. The highest BCUT2D eigenvalue weighted by Crippen LogP contribution is 2.07. The van der Waals surface area contributed by atoms with Crippen LogP contribution in [0.4, 0.5) is 0 Å². The van der Waals surface area contributed by atoms with Crippen molar-refractivity contribution in [1.82, 2.24) is 5.16 Å². The molecule has 1 aromatic carbocycles. The molecular formula is C15H19NO3. The van der Waals surface area contributed by atoms with E-state index in [-0.39, 0.29) is 6.61 Å². The Morgan fingerprint density at radius 3 is 2.79 bits per heavy atom. The third-order valence-corrected chi connectivity index (χ3v) is 2.80. The van der Waals surface area contributed by atoms with Crippen molar-refractivity contribution in [3.05, 3.63) is 53.4 Å². The summed E-state index contributed by atoms with van der Waals surface area (Å²) in [7, 11) is 0. The Morgan fingerprint density at radius 2 is 2.00 bits per heavy atom. The summed E-state index contributed by atoms with van der Waals surface area (Å²) < 4.78 is 10.7. The maximum atomic E-state index is 8.78. The van der Waals surface area contributed by atoms with Gasteiger partial charge < -0.3 is 14.4 Å². The molecule has 0 unspecified atom stereocenters. The van der Waals surface area contributed by atoms with E-state index in [0.29, 0.717) is 19.6 Å². The van der Waals surface area contributed by atoms with Crippen molar-refractivity contribution >= 4 is 0 Å². The molecule has 102 valence electrons. The molecule has 2 rings (SSSR count). The average Bonchev–Trinajstić information content (AvgIpc) is 2.88. The maximum absolute atomic E-state index is 8.78. The van der Waals surface area contributed by atoms with Crippen LogP contribution in [0.1, 0.15) is 23.4 Å². The van der Waals surface area contributed by atoms with Gasteiger partial charge in [-0.15, -0.1) is 0 Å². The molecule has 4 heteroatoms. The van der Waals surface area contributed by atoms with E-state index in [1.165, 1.54) is 5.56 Å². The van der Waals surface area contributed by atoms with E-state index in [2.05, 4.69) is 17.3 Å². The second-order valence-corrected chi connectivity index (χ2v) is 4.40. The first-order valence-electron chi connectivity index (χ1n) is 6.55. The summed E-state index contributed by atoms with van der Waals surface area (Å²) in [6, 6.07) is 12.0. The van der Waals surface area contributed by atoms with Crippen molar-refractivity contribution in [3.8, 4) is 0 Å². The Morgan fingerprint density at radius 1 is 1.16 bits per heavy atom. The minimum absolute atomic E-state index is 0.0921. The fourth-order valence-electron chi connectivity index (χ4n) is 1.82. The first kappa shape index (κ1) is 13.8. The Kier molecular flexibility index (Phi) is 5.59. The van der Waals surface area contributed by atoms with Crippen LogP contribution in [0.2, 0.25) is 0 Å². The molecule has 1 heterocycles. The highest BCUT2D eigenvalue weighted by atomic mass is 16.5. The molecule has 2 aromatic rings. The van der Waals surface area contributed by atoms with Gasteiger partial charge in [0.1, 0.15) is 5.76 Å². The highest BCUT2D eigenvalue weighted by molar-refractivity contribution is 5.13. The molecule has 0 fully saturated rings. The van der Waals surface area contributed by atoms with Crippen LogP contribution in [0.25, 0.3) is 0 Å². The second-order valence-electron chi connectivity index (χ2n) is 4.40. The molecule has 4 nitrogen and oxygen atoms in total. The van der Waals surface area contributed by atoms with Gasteiger partial charge in [0.15, 0.2) is 0 Å². The van der Waals surface area contributed by atoms with Crippen molar-refractivity contribution in [2.75, 3.05) is 13.2 Å². The lowest BCUT2D eigenvalue weighted by Crippen LogP contribution is -1.97. The van der Waals surface area contributed by atoms with Crippen molar-refractivity contribution in [1.29, 1.82) is 0 Å². The van der Waals surface area contributed by atoms with Crippen LogP contribution in [0, 0.1) is 0 Å². The number of aliphatic hydroxyl groups is 1. The Balaban J connectivity index is 1.61. The number of ether oxygens (including phenoxy) is 1. The van der Waals surface area contributed by atoms with E-state index in [0.717, 1.165) is 24.3 Å². The lowest BCUT2D eigenvalue weighted by atomic mass is 10.2. The fraction of sp³-hybridized carbons (Fsp3) is 0.400.